The van der Waals surface area contributed by atoms with Gasteiger partial charge in [-0.1, -0.05) is 80.6 Å². The molecule has 0 saturated carbocycles. The van der Waals surface area contributed by atoms with Crippen LogP contribution in [0.2, 0.25) is 0 Å². The summed E-state index contributed by atoms with van der Waals surface area (Å²) in [5.41, 5.74) is 8.16. The second-order valence-electron chi connectivity index (χ2n) is 13.5. The van der Waals surface area contributed by atoms with Crippen LogP contribution in [0, 0.1) is 0 Å². The first-order chi connectivity index (χ1) is 25.1. The zero-order valence-corrected chi connectivity index (χ0v) is 29.1. The lowest BCUT2D eigenvalue weighted by atomic mass is 10.0. The Hall–Kier alpha value is -6.11. The maximum Gasteiger partial charge on any atom is 0.137 e. The third-order valence-electron chi connectivity index (χ3n) is 10.1. The first-order valence-corrected chi connectivity index (χ1v) is 18.2. The SMILES string of the molecule is CC(C)c1ccnc(-n2c3cc(Oc4cccc(N5CN(c6ccccc6)c6ccccc65)c4)ccc3c3sc4ccc5ccccc5c4c32)c1. The van der Waals surface area contributed by atoms with Crippen molar-refractivity contribution in [3.05, 3.63) is 157 Å². The fraction of sp³-hybridized carbons (Fsp3) is 0.0889. The molecule has 4 heterocycles. The molecule has 6 heteroatoms. The highest BCUT2D eigenvalue weighted by Gasteiger charge is 2.28. The van der Waals surface area contributed by atoms with E-state index in [2.05, 4.69) is 168 Å². The molecule has 0 radical (unpaired) electrons. The van der Waals surface area contributed by atoms with Gasteiger partial charge in [-0.25, -0.2) is 4.98 Å². The van der Waals surface area contributed by atoms with Gasteiger partial charge in [-0.2, -0.15) is 0 Å². The average molecular weight is 679 g/mol. The van der Waals surface area contributed by atoms with Crippen molar-refractivity contribution >= 4 is 76.1 Å². The van der Waals surface area contributed by atoms with E-state index >= 15 is 0 Å². The summed E-state index contributed by atoms with van der Waals surface area (Å²) in [7, 11) is 0. The summed E-state index contributed by atoms with van der Waals surface area (Å²) in [6, 6.07) is 51.6. The Morgan fingerprint density at radius 2 is 1.39 bits per heavy atom. The second-order valence-corrected chi connectivity index (χ2v) is 14.5. The highest BCUT2D eigenvalue weighted by molar-refractivity contribution is 7.27. The van der Waals surface area contributed by atoms with Crippen molar-refractivity contribution in [2.75, 3.05) is 16.5 Å². The summed E-state index contributed by atoms with van der Waals surface area (Å²) in [4.78, 5) is 9.66. The fourth-order valence-corrected chi connectivity index (χ4v) is 8.83. The zero-order chi connectivity index (χ0) is 34.1. The number of fused-ring (bicyclic) bond motifs is 8. The molecule has 9 aromatic rings. The number of nitrogens with zero attached hydrogens (tertiary/aromatic N) is 4. The summed E-state index contributed by atoms with van der Waals surface area (Å²) >= 11 is 1.85. The summed E-state index contributed by atoms with van der Waals surface area (Å²) in [5, 5.41) is 4.96. The van der Waals surface area contributed by atoms with Crippen molar-refractivity contribution in [3.63, 3.8) is 0 Å². The van der Waals surface area contributed by atoms with E-state index in [0.717, 1.165) is 28.5 Å². The van der Waals surface area contributed by atoms with Gasteiger partial charge in [0.05, 0.1) is 27.1 Å². The Kier molecular flexibility index (Phi) is 6.86. The fourth-order valence-electron chi connectivity index (χ4n) is 7.59. The van der Waals surface area contributed by atoms with E-state index in [1.165, 1.54) is 59.1 Å². The minimum absolute atomic E-state index is 0.387. The predicted octanol–water partition coefficient (Wildman–Crippen LogP) is 12.7. The van der Waals surface area contributed by atoms with Crippen molar-refractivity contribution < 1.29 is 4.74 Å². The Morgan fingerprint density at radius 3 is 2.24 bits per heavy atom. The Bertz CT molecular complexity index is 2760. The number of ether oxygens (including phenoxy) is 1. The van der Waals surface area contributed by atoms with Crippen LogP contribution in [0.4, 0.5) is 22.7 Å². The van der Waals surface area contributed by atoms with E-state index in [4.69, 9.17) is 9.72 Å². The molecule has 0 bridgehead atoms. The molecule has 0 N–H and O–H groups in total. The number of para-hydroxylation sites is 3. The van der Waals surface area contributed by atoms with E-state index < -0.39 is 0 Å². The quantitative estimate of drug-likeness (QED) is 0.175. The van der Waals surface area contributed by atoms with E-state index in [9.17, 15) is 0 Å². The van der Waals surface area contributed by atoms with Gasteiger partial charge in [0.25, 0.3) is 0 Å². The predicted molar refractivity (Wildman–Crippen MR) is 214 cm³/mol. The van der Waals surface area contributed by atoms with Crippen LogP contribution in [0.25, 0.3) is 47.8 Å². The molecule has 51 heavy (non-hydrogen) atoms. The maximum absolute atomic E-state index is 6.70. The standard InChI is InChI=1S/C45H34N4OS/c1-29(2)31-23-24-46-42(25-31)49-40-27-35(20-21-37(40)45-44(49)43-36-16-7-6-11-30(36)19-22-41(43)51-45)50-34-15-10-14-33(26-34)48-28-47(32-12-4-3-5-13-32)38-17-8-9-18-39(38)48/h3-27,29H,28H2,1-2H3. The van der Waals surface area contributed by atoms with E-state index in [-0.39, 0.29) is 0 Å². The number of thiophene rings is 1. The number of rotatable bonds is 6. The van der Waals surface area contributed by atoms with E-state index in [1.54, 1.807) is 0 Å². The molecule has 3 aromatic heterocycles. The maximum atomic E-state index is 6.70. The topological polar surface area (TPSA) is 33.5 Å². The first kappa shape index (κ1) is 29.8. The highest BCUT2D eigenvalue weighted by Crippen LogP contribution is 2.47. The number of anilines is 4. The van der Waals surface area contributed by atoms with Gasteiger partial charge in [0, 0.05) is 45.2 Å². The molecule has 246 valence electrons. The van der Waals surface area contributed by atoms with Crippen LogP contribution in [0.15, 0.2) is 152 Å². The monoisotopic (exact) mass is 678 g/mol. The smallest absolute Gasteiger partial charge is 0.137 e. The van der Waals surface area contributed by atoms with Crippen molar-refractivity contribution in [2.45, 2.75) is 19.8 Å². The van der Waals surface area contributed by atoms with E-state index in [0.29, 0.717) is 12.6 Å². The van der Waals surface area contributed by atoms with Gasteiger partial charge in [-0.3, -0.25) is 4.57 Å². The van der Waals surface area contributed by atoms with Crippen LogP contribution in [0.3, 0.4) is 0 Å². The van der Waals surface area contributed by atoms with Crippen molar-refractivity contribution in [1.82, 2.24) is 9.55 Å². The third-order valence-corrected chi connectivity index (χ3v) is 11.3. The zero-order valence-electron chi connectivity index (χ0n) is 28.3. The van der Waals surface area contributed by atoms with Crippen molar-refractivity contribution in [1.29, 1.82) is 0 Å². The van der Waals surface area contributed by atoms with Gasteiger partial charge in [-0.15, -0.1) is 11.3 Å². The number of hydrogen-bond acceptors (Lipinski definition) is 5. The van der Waals surface area contributed by atoms with Crippen LogP contribution < -0.4 is 14.5 Å². The minimum Gasteiger partial charge on any atom is -0.457 e. The normalized spacial score (nSPS) is 12.9. The lowest BCUT2D eigenvalue weighted by molar-refractivity contribution is 0.483. The van der Waals surface area contributed by atoms with E-state index in [1.807, 2.05) is 23.6 Å². The number of hydrogen-bond donors (Lipinski definition) is 0. The van der Waals surface area contributed by atoms with Gasteiger partial charge in [0.2, 0.25) is 0 Å². The lowest BCUT2D eigenvalue weighted by Gasteiger charge is -2.22. The molecule has 5 nitrogen and oxygen atoms in total. The van der Waals surface area contributed by atoms with Gasteiger partial charge in [-0.05, 0) is 89.0 Å². The van der Waals surface area contributed by atoms with Crippen LogP contribution in [0.5, 0.6) is 11.5 Å². The molecule has 0 atom stereocenters. The largest absolute Gasteiger partial charge is 0.457 e. The van der Waals surface area contributed by atoms with Gasteiger partial charge in [0.1, 0.15) is 24.0 Å². The molecule has 1 aliphatic heterocycles. The molecular formula is C45H34N4OS. The van der Waals surface area contributed by atoms with Crippen LogP contribution in [-0.4, -0.2) is 16.2 Å². The van der Waals surface area contributed by atoms with Gasteiger partial charge >= 0.3 is 0 Å². The number of aromatic nitrogens is 2. The van der Waals surface area contributed by atoms with Crippen LogP contribution in [-0.2, 0) is 0 Å². The Morgan fingerprint density at radius 1 is 0.647 bits per heavy atom. The molecule has 6 aromatic carbocycles. The molecule has 1 aliphatic rings. The highest BCUT2D eigenvalue weighted by atomic mass is 32.1. The minimum atomic E-state index is 0.387. The second kappa shape index (κ2) is 11.8. The Labute approximate surface area is 300 Å². The molecular weight excluding hydrogens is 645 g/mol. The molecule has 0 saturated heterocycles. The molecule has 0 spiro atoms. The average Bonchev–Trinajstić information content (AvgIpc) is 3.84. The first-order valence-electron chi connectivity index (χ1n) is 17.4. The summed E-state index contributed by atoms with van der Waals surface area (Å²) < 4.78 is 11.6. The number of pyridine rings is 1. The summed E-state index contributed by atoms with van der Waals surface area (Å²) in [6.07, 6.45) is 1.94. The van der Waals surface area contributed by atoms with Crippen molar-refractivity contribution in [3.8, 4) is 17.3 Å². The molecule has 0 amide bonds. The molecule has 0 fully saturated rings. The van der Waals surface area contributed by atoms with Gasteiger partial charge < -0.3 is 14.5 Å². The summed E-state index contributed by atoms with van der Waals surface area (Å²) in [6.45, 7) is 5.18. The van der Waals surface area contributed by atoms with Crippen LogP contribution in [0.1, 0.15) is 25.3 Å². The lowest BCUT2D eigenvalue weighted by Crippen LogP contribution is -2.23. The summed E-state index contributed by atoms with van der Waals surface area (Å²) in [5.74, 6) is 2.88. The number of benzene rings is 6. The molecule has 0 aliphatic carbocycles. The third kappa shape index (κ3) is 4.86. The molecule has 0 unspecified atom stereocenters. The Balaban J connectivity index is 1.09. The van der Waals surface area contributed by atoms with Gasteiger partial charge in [0.15, 0.2) is 0 Å². The molecule has 10 rings (SSSR count). The van der Waals surface area contributed by atoms with Crippen LogP contribution >= 0.6 is 11.3 Å². The van der Waals surface area contributed by atoms with Crippen molar-refractivity contribution in [2.24, 2.45) is 0 Å².